The normalized spacial score (nSPS) is 11.4. The summed E-state index contributed by atoms with van der Waals surface area (Å²) in [4.78, 5) is 2.24. The molecule has 0 N–H and O–H groups in total. The summed E-state index contributed by atoms with van der Waals surface area (Å²) in [5.41, 5.74) is 3.83. The number of hydrogen-bond donors (Lipinski definition) is 0. The number of benzene rings is 2. The molecule has 0 radical (unpaired) electrons. The summed E-state index contributed by atoms with van der Waals surface area (Å²) in [6.45, 7) is 2.24. The fourth-order valence-corrected chi connectivity index (χ4v) is 7.77. The zero-order valence-corrected chi connectivity index (χ0v) is 25.2. The monoisotopic (exact) mass is 607 g/mol. The van der Waals surface area contributed by atoms with Crippen molar-refractivity contribution >= 4 is 29.2 Å². The molecule has 0 heterocycles. The van der Waals surface area contributed by atoms with E-state index in [0.717, 1.165) is 23.8 Å². The third kappa shape index (κ3) is 8.07. The van der Waals surface area contributed by atoms with Crippen molar-refractivity contribution in [2.75, 3.05) is 28.3 Å². The van der Waals surface area contributed by atoms with Crippen LogP contribution in [0.3, 0.4) is 0 Å². The number of halogens is 1. The SMILES string of the molecule is COc1ccccc1CP(Cc1ccccc1OC)[c-]1ccc(C(C)N(C)C)c1Br.[Fe].[cH-]1[cH-][cH-][cH-][cH-]1. The van der Waals surface area contributed by atoms with Crippen molar-refractivity contribution in [1.82, 2.24) is 4.90 Å². The maximum absolute atomic E-state index is 5.65. The van der Waals surface area contributed by atoms with Crippen molar-refractivity contribution in [1.29, 1.82) is 0 Å². The Balaban J connectivity index is 0.000000678. The number of hydrogen-bond acceptors (Lipinski definition) is 3. The molecule has 3 nitrogen and oxygen atoms in total. The molecular weight excluding hydrogens is 573 g/mol. The van der Waals surface area contributed by atoms with E-state index in [1.807, 2.05) is 54.6 Å². The van der Waals surface area contributed by atoms with E-state index in [-0.39, 0.29) is 17.1 Å². The first-order valence-electron chi connectivity index (χ1n) is 11.7. The fraction of sp³-hybridized carbons (Fsp3) is 0.267. The van der Waals surface area contributed by atoms with E-state index in [9.17, 15) is 0 Å². The van der Waals surface area contributed by atoms with E-state index < -0.39 is 7.92 Å². The minimum atomic E-state index is -0.522. The molecule has 198 valence electrons. The quantitative estimate of drug-likeness (QED) is 0.110. The maximum atomic E-state index is 5.65. The van der Waals surface area contributed by atoms with Crippen LogP contribution in [0.15, 0.2) is 95.5 Å². The van der Waals surface area contributed by atoms with Gasteiger partial charge < -0.3 is 44.7 Å². The average Bonchev–Trinajstić information content (AvgIpc) is 3.57. The van der Waals surface area contributed by atoms with Crippen molar-refractivity contribution in [3.8, 4) is 11.5 Å². The predicted octanol–water partition coefficient (Wildman–Crippen LogP) is 7.72. The van der Waals surface area contributed by atoms with E-state index in [1.54, 1.807) is 14.2 Å². The van der Waals surface area contributed by atoms with Crippen LogP contribution in [0.2, 0.25) is 0 Å². The van der Waals surface area contributed by atoms with Gasteiger partial charge >= 0.3 is 0 Å². The third-order valence-electron chi connectivity index (χ3n) is 6.13. The zero-order valence-electron chi connectivity index (χ0n) is 21.6. The summed E-state index contributed by atoms with van der Waals surface area (Å²) in [7, 11) is 7.21. The Bertz CT molecular complexity index is 1090. The Morgan fingerprint density at radius 1 is 0.833 bits per heavy atom. The molecule has 0 aromatic heterocycles. The van der Waals surface area contributed by atoms with Gasteiger partial charge in [-0.1, -0.05) is 63.7 Å². The van der Waals surface area contributed by atoms with Gasteiger partial charge in [-0.3, -0.25) is 0 Å². The first-order valence-corrected chi connectivity index (χ1v) is 14.2. The summed E-state index contributed by atoms with van der Waals surface area (Å²) in [5.74, 6) is 1.91. The topological polar surface area (TPSA) is 21.7 Å². The van der Waals surface area contributed by atoms with Gasteiger partial charge in [0.2, 0.25) is 0 Å². The molecule has 4 aromatic rings. The first-order chi connectivity index (χ1) is 17.0. The summed E-state index contributed by atoms with van der Waals surface area (Å²) in [6, 6.07) is 31.6. The molecule has 36 heavy (non-hydrogen) atoms. The van der Waals surface area contributed by atoms with Crippen LogP contribution < -0.4 is 14.8 Å². The number of nitrogens with zero attached hydrogens (tertiary/aromatic N) is 1. The molecule has 0 aliphatic carbocycles. The second kappa shape index (κ2) is 15.4. The molecule has 1 unspecified atom stereocenters. The van der Waals surface area contributed by atoms with Gasteiger partial charge in [0.25, 0.3) is 0 Å². The standard InChI is InChI=1S/C25H30BrNO2P.C5H5.Fe/c1-18(27(2)3)21-14-15-24(25(21)26)30(16-19-10-6-8-12-22(19)28-4)17-20-11-7-9-13-23(20)29-5;1-2-4-5-3-1;/h6-15,18H,16-17H2,1-5H3;1-5H;/q-1;-5;. The van der Waals surface area contributed by atoms with Crippen molar-refractivity contribution in [2.24, 2.45) is 0 Å². The zero-order chi connectivity index (χ0) is 25.2. The number of rotatable bonds is 9. The largest absolute Gasteiger partial charge is 0.748 e. The first kappa shape index (κ1) is 30.4. The molecule has 4 aromatic carbocycles. The fourth-order valence-electron chi connectivity index (χ4n) is 3.93. The van der Waals surface area contributed by atoms with E-state index in [1.165, 1.54) is 26.5 Å². The predicted molar refractivity (Wildman–Crippen MR) is 154 cm³/mol. The van der Waals surface area contributed by atoms with E-state index in [0.29, 0.717) is 6.04 Å². The van der Waals surface area contributed by atoms with Crippen LogP contribution in [0.5, 0.6) is 11.5 Å². The molecule has 0 aliphatic rings. The molecule has 0 aliphatic heterocycles. The Kier molecular flexibility index (Phi) is 13.0. The Morgan fingerprint density at radius 2 is 1.28 bits per heavy atom. The Morgan fingerprint density at radius 3 is 1.69 bits per heavy atom. The van der Waals surface area contributed by atoms with E-state index >= 15 is 0 Å². The summed E-state index contributed by atoms with van der Waals surface area (Å²) >= 11 is 3.95. The summed E-state index contributed by atoms with van der Waals surface area (Å²) in [5, 5.41) is 1.39. The molecule has 0 bridgehead atoms. The van der Waals surface area contributed by atoms with Gasteiger partial charge in [-0.05, 0) is 55.7 Å². The van der Waals surface area contributed by atoms with Gasteiger partial charge in [-0.2, -0.15) is 11.6 Å². The van der Waals surface area contributed by atoms with Crippen molar-refractivity contribution in [2.45, 2.75) is 25.3 Å². The summed E-state index contributed by atoms with van der Waals surface area (Å²) < 4.78 is 12.5. The third-order valence-corrected chi connectivity index (χ3v) is 9.82. The van der Waals surface area contributed by atoms with Gasteiger partial charge in [0.15, 0.2) is 0 Å². The van der Waals surface area contributed by atoms with Gasteiger partial charge in [-0.15, -0.1) is 13.2 Å². The molecule has 4 rings (SSSR count). The minimum Gasteiger partial charge on any atom is -0.748 e. The molecule has 0 fully saturated rings. The van der Waals surface area contributed by atoms with Crippen LogP contribution >= 0.6 is 23.9 Å². The number of methoxy groups -OCH3 is 2. The molecule has 1 atom stereocenters. The van der Waals surface area contributed by atoms with Crippen LogP contribution in [0.25, 0.3) is 0 Å². The molecule has 0 amide bonds. The second-order valence-corrected chi connectivity index (χ2v) is 11.6. The minimum absolute atomic E-state index is 0. The maximum Gasteiger partial charge on any atom is 0.122 e. The Hall–Kier alpha value is -1.87. The smallest absolute Gasteiger partial charge is 0.122 e. The average molecular weight is 608 g/mol. The molecular formula is C30H35BrFeNO2P-6. The van der Waals surface area contributed by atoms with Gasteiger partial charge in [0.1, 0.15) is 11.5 Å². The van der Waals surface area contributed by atoms with Crippen molar-refractivity contribution < 1.29 is 26.5 Å². The van der Waals surface area contributed by atoms with Gasteiger partial charge in [0, 0.05) is 17.1 Å². The van der Waals surface area contributed by atoms with Crippen LogP contribution in [0, 0.1) is 0 Å². The Labute approximate surface area is 236 Å². The van der Waals surface area contributed by atoms with E-state index in [2.05, 4.69) is 78.2 Å². The van der Waals surface area contributed by atoms with Crippen LogP contribution in [0.1, 0.15) is 29.7 Å². The van der Waals surface area contributed by atoms with Crippen molar-refractivity contribution in [3.05, 3.63) is 112 Å². The van der Waals surface area contributed by atoms with Crippen molar-refractivity contribution in [3.63, 3.8) is 0 Å². The molecule has 0 saturated heterocycles. The summed E-state index contributed by atoms with van der Waals surface area (Å²) in [6.07, 6.45) is 1.91. The molecule has 6 heteroatoms. The van der Waals surface area contributed by atoms with Gasteiger partial charge in [0.05, 0.1) is 14.2 Å². The van der Waals surface area contributed by atoms with Crippen LogP contribution in [-0.2, 0) is 29.4 Å². The van der Waals surface area contributed by atoms with Crippen LogP contribution in [0.4, 0.5) is 0 Å². The van der Waals surface area contributed by atoms with E-state index in [4.69, 9.17) is 9.47 Å². The number of para-hydroxylation sites is 2. The molecule has 0 saturated carbocycles. The van der Waals surface area contributed by atoms with Gasteiger partial charge in [-0.25, -0.2) is 6.07 Å². The number of ether oxygens (including phenoxy) is 2. The molecule has 0 spiro atoms. The second-order valence-electron chi connectivity index (χ2n) is 8.57. The van der Waals surface area contributed by atoms with Crippen LogP contribution in [-0.4, -0.2) is 33.2 Å².